The number of anilines is 1. The maximum absolute atomic E-state index is 13.6. The monoisotopic (exact) mass is 587 g/mol. The number of nitriles is 1. The zero-order chi connectivity index (χ0) is 29.9. The Hall–Kier alpha value is -4.04. The van der Waals surface area contributed by atoms with E-state index in [0.29, 0.717) is 32.4 Å². The number of rotatable bonds is 6. The SMILES string of the molecule is CC(C)(C)OC(=O)N1CC(C(=O)N2CCC(C#N)(Cc3ccc(F)cc3)CC2)Oc2cc(OCC(=O)O)c(Cl)cc21. The number of piperidine rings is 1. The summed E-state index contributed by atoms with van der Waals surface area (Å²) in [6.07, 6.45) is -0.555. The van der Waals surface area contributed by atoms with Crippen LogP contribution in [0, 0.1) is 22.6 Å². The van der Waals surface area contributed by atoms with Crippen LogP contribution in [0.2, 0.25) is 5.02 Å². The highest BCUT2D eigenvalue weighted by atomic mass is 35.5. The van der Waals surface area contributed by atoms with Crippen molar-refractivity contribution in [3.63, 3.8) is 0 Å². The van der Waals surface area contributed by atoms with Gasteiger partial charge in [-0.2, -0.15) is 5.26 Å². The number of carboxylic acid groups (broad SMARTS) is 1. The van der Waals surface area contributed by atoms with E-state index in [1.165, 1.54) is 29.2 Å². The van der Waals surface area contributed by atoms with Gasteiger partial charge in [-0.25, -0.2) is 14.0 Å². The average molecular weight is 588 g/mol. The molecule has 2 amide bonds. The second-order valence-electron chi connectivity index (χ2n) is 11.2. The quantitative estimate of drug-likeness (QED) is 0.509. The lowest BCUT2D eigenvalue weighted by molar-refractivity contribution is -0.140. The van der Waals surface area contributed by atoms with E-state index >= 15 is 0 Å². The number of likely N-dealkylation sites (tertiary alicyclic amines) is 1. The summed E-state index contributed by atoms with van der Waals surface area (Å²) >= 11 is 6.30. The smallest absolute Gasteiger partial charge is 0.415 e. The highest BCUT2D eigenvalue weighted by Gasteiger charge is 2.42. The van der Waals surface area contributed by atoms with Gasteiger partial charge in [-0.15, -0.1) is 0 Å². The number of fused-ring (bicyclic) bond motifs is 1. The van der Waals surface area contributed by atoms with Gasteiger partial charge < -0.3 is 24.2 Å². The van der Waals surface area contributed by atoms with Gasteiger partial charge in [0, 0.05) is 19.2 Å². The molecule has 1 atom stereocenters. The molecule has 218 valence electrons. The van der Waals surface area contributed by atoms with Gasteiger partial charge in [-0.3, -0.25) is 9.69 Å². The summed E-state index contributed by atoms with van der Waals surface area (Å²) in [4.78, 5) is 40.7. The van der Waals surface area contributed by atoms with Crippen LogP contribution in [0.3, 0.4) is 0 Å². The van der Waals surface area contributed by atoms with Crippen molar-refractivity contribution in [3.8, 4) is 17.6 Å². The predicted molar refractivity (Wildman–Crippen MR) is 147 cm³/mol. The molecule has 0 radical (unpaired) electrons. The first kappa shape index (κ1) is 29.9. The summed E-state index contributed by atoms with van der Waals surface area (Å²) in [5.41, 5.74) is -0.434. The third-order valence-electron chi connectivity index (χ3n) is 6.89. The van der Waals surface area contributed by atoms with Gasteiger partial charge in [0.25, 0.3) is 5.91 Å². The molecule has 1 unspecified atom stereocenters. The summed E-state index contributed by atoms with van der Waals surface area (Å²) < 4.78 is 30.2. The van der Waals surface area contributed by atoms with Crippen LogP contribution in [0.4, 0.5) is 14.9 Å². The average Bonchev–Trinajstić information content (AvgIpc) is 2.91. The number of hydrogen-bond donors (Lipinski definition) is 1. The van der Waals surface area contributed by atoms with Crippen molar-refractivity contribution in [1.82, 2.24) is 4.90 Å². The molecule has 41 heavy (non-hydrogen) atoms. The van der Waals surface area contributed by atoms with Crippen molar-refractivity contribution >= 4 is 35.3 Å². The summed E-state index contributed by atoms with van der Waals surface area (Å²) in [6.45, 7) is 4.93. The Morgan fingerprint density at radius 3 is 2.44 bits per heavy atom. The van der Waals surface area contributed by atoms with E-state index in [9.17, 15) is 24.0 Å². The lowest BCUT2D eigenvalue weighted by Crippen LogP contribution is -2.54. The fourth-order valence-electron chi connectivity index (χ4n) is 4.83. The second-order valence-corrected chi connectivity index (χ2v) is 11.6. The van der Waals surface area contributed by atoms with Gasteiger partial charge >= 0.3 is 12.1 Å². The molecule has 2 aromatic rings. The maximum atomic E-state index is 13.6. The van der Waals surface area contributed by atoms with Crippen LogP contribution in [0.15, 0.2) is 36.4 Å². The molecule has 4 rings (SSSR count). The molecular formula is C29H31ClFN3O7. The molecule has 1 saturated heterocycles. The first-order valence-corrected chi connectivity index (χ1v) is 13.5. The van der Waals surface area contributed by atoms with Crippen LogP contribution in [0.25, 0.3) is 0 Å². The fraction of sp³-hybridized carbons (Fsp3) is 0.448. The Kier molecular flexibility index (Phi) is 8.63. The molecule has 12 heteroatoms. The number of benzene rings is 2. The van der Waals surface area contributed by atoms with E-state index in [1.807, 2.05) is 0 Å². The molecule has 1 fully saturated rings. The van der Waals surface area contributed by atoms with Crippen LogP contribution in [0.5, 0.6) is 11.5 Å². The minimum Gasteiger partial charge on any atom is -0.480 e. The van der Waals surface area contributed by atoms with Crippen molar-refractivity contribution < 1.29 is 38.1 Å². The maximum Gasteiger partial charge on any atom is 0.415 e. The van der Waals surface area contributed by atoms with Crippen molar-refractivity contribution in [1.29, 1.82) is 5.26 Å². The molecule has 10 nitrogen and oxygen atoms in total. The lowest BCUT2D eigenvalue weighted by Gasteiger charge is -2.41. The van der Waals surface area contributed by atoms with E-state index in [-0.39, 0.29) is 40.5 Å². The molecule has 0 saturated carbocycles. The van der Waals surface area contributed by atoms with E-state index in [0.717, 1.165) is 5.56 Å². The third kappa shape index (κ3) is 7.19. The molecule has 2 aliphatic heterocycles. The molecule has 1 N–H and O–H groups in total. The summed E-state index contributed by atoms with van der Waals surface area (Å²) in [7, 11) is 0. The largest absolute Gasteiger partial charge is 0.480 e. The molecule has 0 spiro atoms. The van der Waals surface area contributed by atoms with Gasteiger partial charge in [-0.1, -0.05) is 23.7 Å². The minimum absolute atomic E-state index is 0.0163. The molecule has 2 heterocycles. The van der Waals surface area contributed by atoms with Crippen LogP contribution in [0.1, 0.15) is 39.2 Å². The lowest BCUT2D eigenvalue weighted by atomic mass is 9.75. The normalized spacial score (nSPS) is 18.0. The molecule has 0 aliphatic carbocycles. The van der Waals surface area contributed by atoms with Crippen molar-refractivity contribution in [3.05, 3.63) is 52.8 Å². The zero-order valence-corrected chi connectivity index (χ0v) is 23.7. The van der Waals surface area contributed by atoms with E-state index in [2.05, 4.69) is 6.07 Å². The number of nitrogens with zero attached hydrogens (tertiary/aromatic N) is 3. The molecule has 2 aliphatic rings. The molecule has 2 aromatic carbocycles. The summed E-state index contributed by atoms with van der Waals surface area (Å²) in [6, 6.07) is 11.2. The highest BCUT2D eigenvalue weighted by Crippen LogP contribution is 2.42. The first-order chi connectivity index (χ1) is 19.3. The minimum atomic E-state index is -1.21. The summed E-state index contributed by atoms with van der Waals surface area (Å²) in [5.74, 6) is -1.81. The Morgan fingerprint density at radius 2 is 1.85 bits per heavy atom. The Labute approximate surface area is 242 Å². The van der Waals surface area contributed by atoms with Gasteiger partial charge in [0.1, 0.15) is 22.9 Å². The standard InChI is InChI=1S/C29H31ClFN3O7/c1-28(2,3)41-27(38)34-15-24(40-23-13-22(39-16-25(35)36)20(30)12-21(23)34)26(37)33-10-8-29(17-32,9-11-33)14-18-4-6-19(31)7-5-18/h4-7,12-13,24H,8-11,14-16H2,1-3H3,(H,35,36). The molecule has 0 aromatic heterocycles. The number of amides is 2. The number of halogens is 2. The van der Waals surface area contributed by atoms with Crippen molar-refractivity contribution in [2.45, 2.75) is 51.7 Å². The number of carbonyl (C=O) groups excluding carboxylic acids is 2. The van der Waals surface area contributed by atoms with Gasteiger partial charge in [0.05, 0.1) is 28.7 Å². The van der Waals surface area contributed by atoms with E-state index in [4.69, 9.17) is 30.9 Å². The fourth-order valence-corrected chi connectivity index (χ4v) is 5.05. The third-order valence-corrected chi connectivity index (χ3v) is 7.18. The zero-order valence-electron chi connectivity index (χ0n) is 23.0. The molecular weight excluding hydrogens is 557 g/mol. The van der Waals surface area contributed by atoms with Crippen LogP contribution in [-0.2, 0) is 20.7 Å². The highest BCUT2D eigenvalue weighted by molar-refractivity contribution is 6.32. The Balaban J connectivity index is 1.54. The van der Waals surface area contributed by atoms with Crippen molar-refractivity contribution in [2.24, 2.45) is 5.41 Å². The predicted octanol–water partition coefficient (Wildman–Crippen LogP) is 4.82. The second kappa shape index (κ2) is 11.8. The van der Waals surface area contributed by atoms with E-state index in [1.54, 1.807) is 37.8 Å². The summed E-state index contributed by atoms with van der Waals surface area (Å²) in [5, 5.41) is 19.0. The Morgan fingerprint density at radius 1 is 1.20 bits per heavy atom. The van der Waals surface area contributed by atoms with Crippen LogP contribution < -0.4 is 14.4 Å². The molecule has 0 bridgehead atoms. The Bertz CT molecular complexity index is 1360. The number of hydrogen-bond acceptors (Lipinski definition) is 7. The first-order valence-electron chi connectivity index (χ1n) is 13.1. The van der Waals surface area contributed by atoms with Gasteiger partial charge in [0.2, 0.25) is 0 Å². The number of carbonyl (C=O) groups is 3. The van der Waals surface area contributed by atoms with Gasteiger partial charge in [-0.05, 0) is 63.8 Å². The van der Waals surface area contributed by atoms with Crippen LogP contribution in [-0.4, -0.2) is 65.9 Å². The van der Waals surface area contributed by atoms with E-state index < -0.39 is 35.8 Å². The number of ether oxygens (including phenoxy) is 3. The van der Waals surface area contributed by atoms with Gasteiger partial charge in [0.15, 0.2) is 12.7 Å². The number of carboxylic acids is 1. The van der Waals surface area contributed by atoms with Crippen LogP contribution >= 0.6 is 11.6 Å². The number of aliphatic carboxylic acids is 1. The van der Waals surface area contributed by atoms with Crippen molar-refractivity contribution in [2.75, 3.05) is 31.1 Å². The topological polar surface area (TPSA) is 129 Å².